The second-order valence-corrected chi connectivity index (χ2v) is 4.52. The summed E-state index contributed by atoms with van der Waals surface area (Å²) in [6, 6.07) is 0.267. The van der Waals surface area contributed by atoms with Crippen LogP contribution in [0.25, 0.3) is 0 Å². The van der Waals surface area contributed by atoms with Crippen molar-refractivity contribution >= 4 is 0 Å². The molecule has 0 aromatic heterocycles. The van der Waals surface area contributed by atoms with Gasteiger partial charge in [-0.15, -0.1) is 0 Å². The van der Waals surface area contributed by atoms with Gasteiger partial charge in [0.05, 0.1) is 6.04 Å². The summed E-state index contributed by atoms with van der Waals surface area (Å²) in [5.41, 5.74) is -0.833. The van der Waals surface area contributed by atoms with E-state index < -0.39 is 5.60 Å². The van der Waals surface area contributed by atoms with Gasteiger partial charge in [-0.3, -0.25) is 4.90 Å². The maximum Gasteiger partial charge on any atom is 0.122 e. The molecule has 2 heteroatoms. The molecule has 2 unspecified atom stereocenters. The van der Waals surface area contributed by atoms with Gasteiger partial charge < -0.3 is 5.11 Å². The van der Waals surface area contributed by atoms with Crippen molar-refractivity contribution in [2.45, 2.75) is 58.1 Å². The van der Waals surface area contributed by atoms with Crippen molar-refractivity contribution in [1.29, 1.82) is 0 Å². The molecule has 0 radical (unpaired) electrons. The molecule has 2 atom stereocenters. The zero-order chi connectivity index (χ0) is 11.9. The first-order valence-electron chi connectivity index (χ1n) is 5.84. The fraction of sp³-hybridized carbons (Fsp3) is 0.846. The SMILES string of the molecule is CCCCC(C#CC(C)(O)CC)N(C)C. The van der Waals surface area contributed by atoms with Gasteiger partial charge in [0.25, 0.3) is 0 Å². The van der Waals surface area contributed by atoms with Gasteiger partial charge >= 0.3 is 0 Å². The molecule has 0 heterocycles. The Morgan fingerprint density at radius 1 is 1.33 bits per heavy atom. The number of aliphatic hydroxyl groups is 1. The van der Waals surface area contributed by atoms with Crippen LogP contribution in [-0.2, 0) is 0 Å². The molecular formula is C13H25NO. The molecule has 2 nitrogen and oxygen atoms in total. The van der Waals surface area contributed by atoms with Gasteiger partial charge in [-0.2, -0.15) is 0 Å². The Morgan fingerprint density at radius 2 is 1.93 bits per heavy atom. The van der Waals surface area contributed by atoms with Gasteiger partial charge in [0.1, 0.15) is 5.60 Å². The molecule has 0 aromatic carbocycles. The Morgan fingerprint density at radius 3 is 2.33 bits per heavy atom. The lowest BCUT2D eigenvalue weighted by molar-refractivity contribution is 0.117. The van der Waals surface area contributed by atoms with Gasteiger partial charge in [0.15, 0.2) is 0 Å². The topological polar surface area (TPSA) is 23.5 Å². The molecule has 0 aromatic rings. The fourth-order valence-corrected chi connectivity index (χ4v) is 1.18. The van der Waals surface area contributed by atoms with Crippen LogP contribution in [0.4, 0.5) is 0 Å². The normalized spacial score (nSPS) is 16.7. The van der Waals surface area contributed by atoms with Crippen molar-refractivity contribution in [3.63, 3.8) is 0 Å². The van der Waals surface area contributed by atoms with Crippen LogP contribution in [0.2, 0.25) is 0 Å². The Labute approximate surface area is 94.7 Å². The average Bonchev–Trinajstić information content (AvgIpc) is 2.17. The van der Waals surface area contributed by atoms with E-state index >= 15 is 0 Å². The van der Waals surface area contributed by atoms with E-state index in [2.05, 4.69) is 23.7 Å². The first-order valence-corrected chi connectivity index (χ1v) is 5.84. The maximum atomic E-state index is 9.79. The van der Waals surface area contributed by atoms with Crippen molar-refractivity contribution in [1.82, 2.24) is 4.90 Å². The lowest BCUT2D eigenvalue weighted by Crippen LogP contribution is -2.28. The van der Waals surface area contributed by atoms with Gasteiger partial charge in [-0.1, -0.05) is 38.5 Å². The van der Waals surface area contributed by atoms with E-state index in [-0.39, 0.29) is 6.04 Å². The largest absolute Gasteiger partial charge is 0.378 e. The fourth-order valence-electron chi connectivity index (χ4n) is 1.18. The third-order valence-corrected chi connectivity index (χ3v) is 2.65. The van der Waals surface area contributed by atoms with Crippen LogP contribution in [0.1, 0.15) is 46.5 Å². The number of nitrogens with zero attached hydrogens (tertiary/aromatic N) is 1. The van der Waals surface area contributed by atoms with Crippen LogP contribution in [0.3, 0.4) is 0 Å². The van der Waals surface area contributed by atoms with Gasteiger partial charge in [-0.25, -0.2) is 0 Å². The van der Waals surface area contributed by atoms with E-state index in [1.807, 2.05) is 21.0 Å². The molecule has 0 saturated heterocycles. The minimum Gasteiger partial charge on any atom is -0.378 e. The number of rotatable bonds is 5. The minimum atomic E-state index is -0.833. The third-order valence-electron chi connectivity index (χ3n) is 2.65. The molecule has 0 saturated carbocycles. The summed E-state index contributed by atoms with van der Waals surface area (Å²) in [7, 11) is 4.07. The van der Waals surface area contributed by atoms with Crippen molar-refractivity contribution < 1.29 is 5.11 Å². The Kier molecular flexibility index (Phi) is 6.63. The van der Waals surface area contributed by atoms with Gasteiger partial charge in [-0.05, 0) is 33.9 Å². The smallest absolute Gasteiger partial charge is 0.122 e. The highest BCUT2D eigenvalue weighted by molar-refractivity contribution is 5.16. The predicted molar refractivity (Wildman–Crippen MR) is 65.7 cm³/mol. The third kappa shape index (κ3) is 6.54. The van der Waals surface area contributed by atoms with Crippen molar-refractivity contribution in [2.75, 3.05) is 14.1 Å². The number of hydrogen-bond acceptors (Lipinski definition) is 2. The highest BCUT2D eigenvalue weighted by atomic mass is 16.3. The van der Waals surface area contributed by atoms with Crippen LogP contribution < -0.4 is 0 Å². The minimum absolute atomic E-state index is 0.267. The molecule has 0 aliphatic carbocycles. The molecule has 0 rings (SSSR count). The van der Waals surface area contributed by atoms with E-state index in [1.165, 1.54) is 12.8 Å². The van der Waals surface area contributed by atoms with E-state index in [1.54, 1.807) is 6.92 Å². The molecule has 0 aliphatic heterocycles. The molecule has 1 N–H and O–H groups in total. The molecule has 0 spiro atoms. The van der Waals surface area contributed by atoms with Crippen LogP contribution in [-0.4, -0.2) is 35.7 Å². The maximum absolute atomic E-state index is 9.79. The first kappa shape index (κ1) is 14.5. The molecule has 0 amide bonds. The highest BCUT2D eigenvalue weighted by Gasteiger charge is 2.14. The van der Waals surface area contributed by atoms with E-state index in [4.69, 9.17) is 0 Å². The van der Waals surface area contributed by atoms with Gasteiger partial charge in [0.2, 0.25) is 0 Å². The Balaban J connectivity index is 4.39. The molecule has 88 valence electrons. The molecule has 0 fully saturated rings. The molecular weight excluding hydrogens is 186 g/mol. The standard InChI is InChI=1S/C13H25NO/c1-6-8-9-12(14(4)5)10-11-13(3,15)7-2/h12,15H,6-9H2,1-5H3. The summed E-state index contributed by atoms with van der Waals surface area (Å²) in [6.45, 7) is 5.90. The average molecular weight is 211 g/mol. The summed E-state index contributed by atoms with van der Waals surface area (Å²) in [5.74, 6) is 6.13. The van der Waals surface area contributed by atoms with Crippen LogP contribution in [0.15, 0.2) is 0 Å². The summed E-state index contributed by atoms with van der Waals surface area (Å²) in [4.78, 5) is 2.12. The summed E-state index contributed by atoms with van der Waals surface area (Å²) >= 11 is 0. The summed E-state index contributed by atoms with van der Waals surface area (Å²) in [5, 5.41) is 9.79. The van der Waals surface area contributed by atoms with Crippen LogP contribution in [0.5, 0.6) is 0 Å². The zero-order valence-corrected chi connectivity index (χ0v) is 10.8. The van der Waals surface area contributed by atoms with Crippen LogP contribution >= 0.6 is 0 Å². The zero-order valence-electron chi connectivity index (χ0n) is 10.8. The Hall–Kier alpha value is -0.520. The lowest BCUT2D eigenvalue weighted by atomic mass is 10.0. The highest BCUT2D eigenvalue weighted by Crippen LogP contribution is 2.08. The van der Waals surface area contributed by atoms with Gasteiger partial charge in [0, 0.05) is 0 Å². The predicted octanol–water partition coefficient (Wildman–Crippen LogP) is 2.27. The Bertz CT molecular complexity index is 222. The number of unbranched alkanes of at least 4 members (excludes halogenated alkanes) is 1. The van der Waals surface area contributed by atoms with E-state index in [0.29, 0.717) is 6.42 Å². The molecule has 0 bridgehead atoms. The summed E-state index contributed by atoms with van der Waals surface area (Å²) in [6.07, 6.45) is 4.13. The lowest BCUT2D eigenvalue weighted by Gasteiger charge is -2.20. The van der Waals surface area contributed by atoms with E-state index in [9.17, 15) is 5.11 Å². The van der Waals surface area contributed by atoms with E-state index in [0.717, 1.165) is 6.42 Å². The first-order chi connectivity index (χ1) is 6.93. The molecule has 15 heavy (non-hydrogen) atoms. The molecule has 0 aliphatic rings. The van der Waals surface area contributed by atoms with Crippen molar-refractivity contribution in [2.24, 2.45) is 0 Å². The van der Waals surface area contributed by atoms with Crippen LogP contribution in [0, 0.1) is 11.8 Å². The second kappa shape index (κ2) is 6.87. The summed E-state index contributed by atoms with van der Waals surface area (Å²) < 4.78 is 0. The second-order valence-electron chi connectivity index (χ2n) is 4.52. The van der Waals surface area contributed by atoms with Crippen molar-refractivity contribution in [3.05, 3.63) is 0 Å². The number of hydrogen-bond donors (Lipinski definition) is 1. The monoisotopic (exact) mass is 211 g/mol. The quantitative estimate of drug-likeness (QED) is 0.705. The van der Waals surface area contributed by atoms with Crippen molar-refractivity contribution in [3.8, 4) is 11.8 Å².